The smallest absolute Gasteiger partial charge is 0.252 e. The van der Waals surface area contributed by atoms with Crippen molar-refractivity contribution in [2.45, 2.75) is 71.9 Å². The molecule has 0 heterocycles. The molecule has 13 N–H and O–H groups in total. The Morgan fingerprint density at radius 1 is 0.467 bits per heavy atom. The van der Waals surface area contributed by atoms with E-state index in [2.05, 4.69) is 21.3 Å². The number of anilines is 2. The van der Waals surface area contributed by atoms with Gasteiger partial charge in [0.25, 0.3) is 23.6 Å². The summed E-state index contributed by atoms with van der Waals surface area (Å²) >= 11 is 0. The third-order valence-corrected chi connectivity index (χ3v) is 9.94. The first-order valence-electron chi connectivity index (χ1n) is 18.9. The molecule has 0 aromatic heterocycles. The maximum atomic E-state index is 13.6. The molecular weight excluding hydrogens is 792 g/mol. The van der Waals surface area contributed by atoms with Gasteiger partial charge >= 0.3 is 0 Å². The molecule has 0 bridgehead atoms. The molecule has 0 aliphatic rings. The number of aliphatic hydroxyl groups is 9. The number of aliphatic hydroxyl groups excluding tert-OH is 9. The van der Waals surface area contributed by atoms with Gasteiger partial charge in [0.05, 0.1) is 94.5 Å². The van der Waals surface area contributed by atoms with E-state index < -0.39 is 107 Å². The fourth-order valence-corrected chi connectivity index (χ4v) is 7.06. The lowest BCUT2D eigenvalue weighted by atomic mass is 9.89. The van der Waals surface area contributed by atoms with Crippen LogP contribution in [0, 0.1) is 41.5 Å². The maximum Gasteiger partial charge on any atom is 0.252 e. The van der Waals surface area contributed by atoms with Crippen LogP contribution in [-0.2, 0) is 9.59 Å². The first kappa shape index (κ1) is 51.0. The van der Waals surface area contributed by atoms with Gasteiger partial charge in [-0.15, -0.1) is 0 Å². The SMILES string of the molecule is Cc1c(C(=O)NCC(O)CO)c(C)c(N(C=O)CC(O)CN(C=O)c2c(C)c(C(=O)NCC(O)CO)c(C)c(C(=O)NC(CO)CO)c2C)c(C)c1C(=O)NC(CO)CO. The highest BCUT2D eigenvalue weighted by Gasteiger charge is 2.32. The monoisotopic (exact) mass is 850 g/mol. The fraction of sp³-hybridized carbons (Fsp3) is 0.538. The largest absolute Gasteiger partial charge is 0.394 e. The number of nitrogens with one attached hydrogen (secondary N) is 4. The Hall–Kier alpha value is -5.10. The summed E-state index contributed by atoms with van der Waals surface area (Å²) in [6.45, 7) is 2.96. The number of hydrogen-bond acceptors (Lipinski definition) is 15. The molecule has 2 unspecified atom stereocenters. The molecule has 0 aliphatic heterocycles. The first-order chi connectivity index (χ1) is 28.3. The second kappa shape index (κ2) is 23.6. The summed E-state index contributed by atoms with van der Waals surface area (Å²) in [6.07, 6.45) is -3.63. The molecule has 2 aromatic rings. The minimum atomic E-state index is -1.61. The van der Waals surface area contributed by atoms with Crippen molar-refractivity contribution in [3.05, 3.63) is 55.6 Å². The minimum Gasteiger partial charge on any atom is -0.394 e. The van der Waals surface area contributed by atoms with Gasteiger partial charge < -0.3 is 77.0 Å². The predicted molar refractivity (Wildman–Crippen MR) is 216 cm³/mol. The summed E-state index contributed by atoms with van der Waals surface area (Å²) in [5, 5.41) is 98.1. The molecule has 2 atom stereocenters. The van der Waals surface area contributed by atoms with E-state index in [9.17, 15) is 74.7 Å². The Labute approximate surface area is 346 Å². The van der Waals surface area contributed by atoms with Crippen molar-refractivity contribution < 1.29 is 74.7 Å². The molecule has 0 radical (unpaired) electrons. The van der Waals surface area contributed by atoms with E-state index in [4.69, 9.17) is 0 Å². The van der Waals surface area contributed by atoms with Crippen LogP contribution in [0.2, 0.25) is 0 Å². The molecule has 2 rings (SSSR count). The zero-order valence-electron chi connectivity index (χ0n) is 34.5. The number of benzene rings is 2. The van der Waals surface area contributed by atoms with Crippen molar-refractivity contribution in [2.24, 2.45) is 0 Å². The summed E-state index contributed by atoms with van der Waals surface area (Å²) in [5.74, 6) is -3.26. The van der Waals surface area contributed by atoms with Crippen molar-refractivity contribution in [1.82, 2.24) is 21.3 Å². The highest BCUT2D eigenvalue weighted by atomic mass is 16.3. The molecule has 0 saturated heterocycles. The summed E-state index contributed by atoms with van der Waals surface area (Å²) < 4.78 is 0. The van der Waals surface area contributed by atoms with Crippen LogP contribution in [-0.4, -0.2) is 179 Å². The number of rotatable bonds is 24. The average molecular weight is 851 g/mol. The summed E-state index contributed by atoms with van der Waals surface area (Å²) in [4.78, 5) is 82.0. The highest BCUT2D eigenvalue weighted by molar-refractivity contribution is 6.08. The van der Waals surface area contributed by atoms with Crippen molar-refractivity contribution in [1.29, 1.82) is 0 Å². The van der Waals surface area contributed by atoms with Crippen LogP contribution in [0.1, 0.15) is 74.8 Å². The van der Waals surface area contributed by atoms with E-state index in [-0.39, 0.29) is 80.1 Å². The highest BCUT2D eigenvalue weighted by Crippen LogP contribution is 2.36. The number of hydrogen-bond donors (Lipinski definition) is 13. The molecule has 334 valence electrons. The second-order valence-electron chi connectivity index (χ2n) is 14.3. The first-order valence-corrected chi connectivity index (χ1v) is 18.9. The summed E-state index contributed by atoms with van der Waals surface area (Å²) in [5.41, 5.74) is 0.347. The van der Waals surface area contributed by atoms with Crippen molar-refractivity contribution in [2.75, 3.05) is 75.6 Å². The van der Waals surface area contributed by atoms with Crippen molar-refractivity contribution in [3.8, 4) is 0 Å². The van der Waals surface area contributed by atoms with Crippen LogP contribution >= 0.6 is 0 Å². The molecule has 21 nitrogen and oxygen atoms in total. The van der Waals surface area contributed by atoms with E-state index >= 15 is 0 Å². The molecular formula is C39H58N6O15. The average Bonchev–Trinajstić information content (AvgIpc) is 3.21. The van der Waals surface area contributed by atoms with Crippen LogP contribution in [0.15, 0.2) is 0 Å². The van der Waals surface area contributed by atoms with Gasteiger partial charge in [0.15, 0.2) is 0 Å². The van der Waals surface area contributed by atoms with E-state index in [1.165, 1.54) is 41.5 Å². The Morgan fingerprint density at radius 3 is 1.00 bits per heavy atom. The Kier molecular flexibility index (Phi) is 20.1. The lowest BCUT2D eigenvalue weighted by Gasteiger charge is -2.31. The van der Waals surface area contributed by atoms with Crippen LogP contribution in [0.3, 0.4) is 0 Å². The number of carbonyl (C=O) groups excluding carboxylic acids is 6. The van der Waals surface area contributed by atoms with Crippen molar-refractivity contribution >= 4 is 47.8 Å². The number of amides is 6. The molecule has 6 amide bonds. The Balaban J connectivity index is 2.78. The zero-order chi connectivity index (χ0) is 45.6. The minimum absolute atomic E-state index is 0.0112. The number of nitrogens with zero attached hydrogens (tertiary/aromatic N) is 2. The van der Waals surface area contributed by atoms with E-state index in [0.29, 0.717) is 12.8 Å². The lowest BCUT2D eigenvalue weighted by molar-refractivity contribution is -0.108. The molecule has 60 heavy (non-hydrogen) atoms. The maximum absolute atomic E-state index is 13.6. The summed E-state index contributed by atoms with van der Waals surface area (Å²) in [6, 6.07) is -2.19. The molecule has 2 aromatic carbocycles. The Morgan fingerprint density at radius 2 is 0.750 bits per heavy atom. The van der Waals surface area contributed by atoms with E-state index in [0.717, 1.165) is 9.80 Å². The third kappa shape index (κ3) is 12.0. The molecule has 0 fully saturated rings. The standard InChI is InChI=1S/C39H58N6O15/c1-19-30(36(57)40-7-27(54)15-50)21(3)34(23(5)32(19)38(59)42-25(11-46)12-47)44(17-52)9-29(56)10-45(18-53)35-22(4)31(37(58)41-8-28(55)16-51)20(2)33(24(35)6)39(60)43-26(13-48)14-49/h17-18,25-29,46-51,54-56H,7-16H2,1-6H3,(H,40,57)(H,41,58)(H,42,59)(H,43,60). The predicted octanol–water partition coefficient (Wildman–Crippen LogP) is -4.14. The van der Waals surface area contributed by atoms with Gasteiger partial charge in [-0.05, 0) is 74.9 Å². The summed E-state index contributed by atoms with van der Waals surface area (Å²) in [7, 11) is 0. The molecule has 0 aliphatic carbocycles. The van der Waals surface area contributed by atoms with Crippen LogP contribution in [0.25, 0.3) is 0 Å². The van der Waals surface area contributed by atoms with Gasteiger partial charge in [0.2, 0.25) is 12.8 Å². The lowest BCUT2D eigenvalue weighted by Crippen LogP contribution is -2.43. The zero-order valence-corrected chi connectivity index (χ0v) is 34.5. The fourth-order valence-electron chi connectivity index (χ4n) is 7.06. The molecule has 21 heteroatoms. The van der Waals surface area contributed by atoms with Gasteiger partial charge in [-0.1, -0.05) is 0 Å². The van der Waals surface area contributed by atoms with Gasteiger partial charge in [-0.3, -0.25) is 28.8 Å². The van der Waals surface area contributed by atoms with Gasteiger partial charge in [0.1, 0.15) is 0 Å². The van der Waals surface area contributed by atoms with Crippen LogP contribution in [0.4, 0.5) is 11.4 Å². The topological polar surface area (TPSA) is 339 Å². The van der Waals surface area contributed by atoms with Gasteiger partial charge in [-0.2, -0.15) is 0 Å². The Bertz CT molecular complexity index is 1740. The van der Waals surface area contributed by atoms with E-state index in [1.807, 2.05) is 0 Å². The van der Waals surface area contributed by atoms with Gasteiger partial charge in [-0.25, -0.2) is 0 Å². The molecule has 0 spiro atoms. The van der Waals surface area contributed by atoms with E-state index in [1.54, 1.807) is 0 Å². The second-order valence-corrected chi connectivity index (χ2v) is 14.3. The normalized spacial score (nSPS) is 12.8. The van der Waals surface area contributed by atoms with Crippen LogP contribution in [0.5, 0.6) is 0 Å². The van der Waals surface area contributed by atoms with Crippen LogP contribution < -0.4 is 31.1 Å². The third-order valence-electron chi connectivity index (χ3n) is 9.94. The van der Waals surface area contributed by atoms with Gasteiger partial charge in [0, 0.05) is 35.3 Å². The quantitative estimate of drug-likeness (QED) is 0.0446. The van der Waals surface area contributed by atoms with Crippen molar-refractivity contribution in [3.63, 3.8) is 0 Å². The number of carbonyl (C=O) groups is 6. The molecule has 0 saturated carbocycles.